The van der Waals surface area contributed by atoms with Gasteiger partial charge in [-0.25, -0.2) is 0 Å². The summed E-state index contributed by atoms with van der Waals surface area (Å²) < 4.78 is 34.1. The van der Waals surface area contributed by atoms with Crippen molar-refractivity contribution in [3.8, 4) is 0 Å². The first-order valence-corrected chi connectivity index (χ1v) is 3.72. The molecule has 1 radical (unpaired) electrons. The summed E-state index contributed by atoms with van der Waals surface area (Å²) in [7, 11) is -5.17. The van der Waals surface area contributed by atoms with Gasteiger partial charge in [0, 0.05) is 45.2 Å². The minimum atomic E-state index is -5.17. The van der Waals surface area contributed by atoms with E-state index in [1.807, 2.05) is 12.1 Å². The Morgan fingerprint density at radius 1 is 1.00 bits per heavy atom. The number of rotatable bonds is 0. The monoisotopic (exact) mass is 283 g/mol. The molecule has 73 valence electrons. The maximum Gasteiger partial charge on any atom is 0.0496 e. The van der Waals surface area contributed by atoms with Crippen LogP contribution in [0.5, 0.6) is 0 Å². The Balaban J connectivity index is 0. The third-order valence-corrected chi connectivity index (χ3v) is 0.483. The quantitative estimate of drug-likeness (QED) is 0.348. The number of hydrogen-bond donors (Lipinski definition) is 0. The van der Waals surface area contributed by atoms with Crippen molar-refractivity contribution in [2.75, 3.05) is 0 Å². The van der Waals surface area contributed by atoms with Crippen LogP contribution in [0.4, 0.5) is 0 Å². The van der Waals surface area contributed by atoms with E-state index in [1.165, 1.54) is 0 Å². The third-order valence-electron chi connectivity index (χ3n) is 0.483. The van der Waals surface area contributed by atoms with Crippen LogP contribution in [0.15, 0.2) is 24.5 Å². The van der Waals surface area contributed by atoms with Crippen LogP contribution in [0.3, 0.4) is 0 Å². The number of hydrogen-bond acceptors (Lipinski definition) is 6. The first kappa shape index (κ1) is 14.2. The molecule has 0 fully saturated rings. The molecule has 0 aliphatic rings. The van der Waals surface area contributed by atoms with Gasteiger partial charge in [-0.15, -0.1) is 0 Å². The molecule has 1 heterocycles. The van der Waals surface area contributed by atoms with Gasteiger partial charge in [0.15, 0.2) is 0 Å². The van der Waals surface area contributed by atoms with Gasteiger partial charge < -0.3 is 9.11 Å². The number of aromatic nitrogens is 2. The number of nitrogens with zero attached hydrogens (tertiary/aromatic N) is 2. The van der Waals surface area contributed by atoms with E-state index in [0.29, 0.717) is 0 Å². The van der Waals surface area contributed by atoms with Gasteiger partial charge in [-0.2, -0.15) is 10.2 Å². The predicted octanol–water partition coefficient (Wildman–Crippen LogP) is -0.864. The van der Waals surface area contributed by atoms with Crippen LogP contribution in [0.1, 0.15) is 0 Å². The molecule has 6 nitrogen and oxygen atoms in total. The second-order valence-electron chi connectivity index (χ2n) is 1.32. The van der Waals surface area contributed by atoms with Crippen molar-refractivity contribution < 1.29 is 39.9 Å². The summed E-state index contributed by atoms with van der Waals surface area (Å²) in [5.41, 5.74) is 0. The van der Waals surface area contributed by atoms with Crippen LogP contribution in [0.2, 0.25) is 0 Å². The van der Waals surface area contributed by atoms with Crippen LogP contribution < -0.4 is 0 Å². The fraction of sp³-hybridized carbons (Fsp3) is 0. The van der Waals surface area contributed by atoms with Crippen molar-refractivity contribution in [3.63, 3.8) is 0 Å². The van der Waals surface area contributed by atoms with Gasteiger partial charge in [0.25, 0.3) is 0 Å². The maximum absolute atomic E-state index is 8.52. The Morgan fingerprint density at radius 3 is 1.33 bits per heavy atom. The molecule has 0 saturated carbocycles. The van der Waals surface area contributed by atoms with Crippen LogP contribution in [0, 0.1) is 0 Å². The van der Waals surface area contributed by atoms with Gasteiger partial charge >= 0.3 is 0 Å². The molecule has 1 rings (SSSR count). The predicted molar refractivity (Wildman–Crippen MR) is 32.5 cm³/mol. The molecule has 0 unspecified atom stereocenters. The van der Waals surface area contributed by atoms with Crippen LogP contribution in [-0.4, -0.2) is 27.7 Å². The van der Waals surface area contributed by atoms with Crippen molar-refractivity contribution in [2.24, 2.45) is 0 Å². The van der Waals surface area contributed by atoms with Gasteiger partial charge in [-0.05, 0) is 12.1 Å². The normalized spacial score (nSPS) is 8.83. The summed E-state index contributed by atoms with van der Waals surface area (Å²) in [5.74, 6) is 0. The van der Waals surface area contributed by atoms with Crippen molar-refractivity contribution >= 4 is 10.4 Å². The first-order valence-electron chi connectivity index (χ1n) is 2.38. The molecule has 0 spiro atoms. The Bertz CT molecular complexity index is 242. The summed E-state index contributed by atoms with van der Waals surface area (Å²) >= 11 is 0. The van der Waals surface area contributed by atoms with E-state index in [0.717, 1.165) is 0 Å². The smallest absolute Gasteiger partial charge is 0.0496 e. The molecule has 1 aromatic heterocycles. The standard InChI is InChI=1S/C4H4N2.Ag.H2O4S/c1-2-4-6-5-3-1;;1-5(2,3)4/h1-4H;;(H2,1,2,3,4)/p-2. The van der Waals surface area contributed by atoms with E-state index in [2.05, 4.69) is 10.2 Å². The van der Waals surface area contributed by atoms with Crippen molar-refractivity contribution in [2.45, 2.75) is 0 Å². The summed E-state index contributed by atoms with van der Waals surface area (Å²) in [6, 6.07) is 3.65. The van der Waals surface area contributed by atoms with Gasteiger partial charge in [-0.3, -0.25) is 8.42 Å². The van der Waals surface area contributed by atoms with E-state index < -0.39 is 10.4 Å². The zero-order chi connectivity index (χ0) is 8.74. The summed E-state index contributed by atoms with van der Waals surface area (Å²) in [6.07, 6.45) is 3.28. The maximum atomic E-state index is 8.52. The molecule has 12 heavy (non-hydrogen) atoms. The molecular weight excluding hydrogens is 280 g/mol. The zero-order valence-corrected chi connectivity index (χ0v) is 7.85. The SMILES string of the molecule is O=S(=O)([O-])[O-].[Ag].c1ccnnc1. The third kappa shape index (κ3) is 22.6. The van der Waals surface area contributed by atoms with Crippen molar-refractivity contribution in [1.82, 2.24) is 10.2 Å². The average Bonchev–Trinajstić information content (AvgIpc) is 1.88. The Morgan fingerprint density at radius 2 is 1.25 bits per heavy atom. The molecule has 0 bridgehead atoms. The molecule has 0 N–H and O–H groups in total. The molecule has 0 atom stereocenters. The fourth-order valence-electron chi connectivity index (χ4n) is 0.253. The molecular formula is C4H4AgN2O4S-2. The second kappa shape index (κ2) is 7.35. The van der Waals surface area contributed by atoms with Gasteiger partial charge in [-0.1, -0.05) is 0 Å². The minimum Gasteiger partial charge on any atom is -0.759 e. The summed E-state index contributed by atoms with van der Waals surface area (Å²) in [5, 5.41) is 7.07. The van der Waals surface area contributed by atoms with E-state index >= 15 is 0 Å². The fourth-order valence-corrected chi connectivity index (χ4v) is 0.253. The Kier molecular flexibility index (Phi) is 8.71. The van der Waals surface area contributed by atoms with E-state index in [9.17, 15) is 0 Å². The molecule has 8 heteroatoms. The van der Waals surface area contributed by atoms with Gasteiger partial charge in [0.05, 0.1) is 0 Å². The molecule has 0 aromatic carbocycles. The molecule has 0 amide bonds. The average molecular weight is 284 g/mol. The van der Waals surface area contributed by atoms with E-state index in [1.54, 1.807) is 12.4 Å². The topological polar surface area (TPSA) is 106 Å². The van der Waals surface area contributed by atoms with Crippen molar-refractivity contribution in [3.05, 3.63) is 24.5 Å². The van der Waals surface area contributed by atoms with Crippen LogP contribution >= 0.6 is 0 Å². The molecule has 0 aliphatic carbocycles. The minimum absolute atomic E-state index is 0. The van der Waals surface area contributed by atoms with E-state index in [4.69, 9.17) is 17.5 Å². The Labute approximate surface area is 85.1 Å². The molecule has 0 saturated heterocycles. The van der Waals surface area contributed by atoms with Gasteiger partial charge in [0.1, 0.15) is 0 Å². The first-order chi connectivity index (χ1) is 5.00. The molecule has 0 aliphatic heterocycles. The summed E-state index contributed by atoms with van der Waals surface area (Å²) in [4.78, 5) is 0. The largest absolute Gasteiger partial charge is 0.759 e. The van der Waals surface area contributed by atoms with E-state index in [-0.39, 0.29) is 22.4 Å². The second-order valence-corrected chi connectivity index (χ2v) is 2.14. The Hall–Kier alpha value is -0.310. The van der Waals surface area contributed by atoms with Gasteiger partial charge in [0.2, 0.25) is 0 Å². The van der Waals surface area contributed by atoms with Crippen molar-refractivity contribution in [1.29, 1.82) is 0 Å². The van der Waals surface area contributed by atoms with Crippen LogP contribution in [-0.2, 0) is 32.8 Å². The van der Waals surface area contributed by atoms with Crippen LogP contribution in [0.25, 0.3) is 0 Å². The molecule has 1 aromatic rings. The zero-order valence-electron chi connectivity index (χ0n) is 5.55. The summed E-state index contributed by atoms with van der Waals surface area (Å²) in [6.45, 7) is 0.